The van der Waals surface area contributed by atoms with Crippen molar-refractivity contribution < 1.29 is 9.53 Å². The number of hydrogen-bond acceptors (Lipinski definition) is 2. The van der Waals surface area contributed by atoms with Crippen molar-refractivity contribution in [2.75, 3.05) is 0 Å². The van der Waals surface area contributed by atoms with E-state index in [1.165, 1.54) is 0 Å². The molecule has 1 aliphatic heterocycles. The second kappa shape index (κ2) is 4.75. The Kier molecular flexibility index (Phi) is 3.58. The van der Waals surface area contributed by atoms with Crippen LogP contribution in [0.1, 0.15) is 26.2 Å². The number of ether oxygens (including phenoxy) is 1. The molecule has 0 saturated heterocycles. The number of Topliss-reactive ketones (excluding diaryl/α,β-unsaturated/α-hetero) is 1. The zero-order valence-corrected chi connectivity index (χ0v) is 7.25. The van der Waals surface area contributed by atoms with Crippen LogP contribution in [0.2, 0.25) is 0 Å². The minimum absolute atomic E-state index is 0.243. The maximum atomic E-state index is 11.2. The normalized spacial score (nSPS) is 15.2. The van der Waals surface area contributed by atoms with Crippen LogP contribution in [0.25, 0.3) is 0 Å². The Hall–Kier alpha value is -1.05. The van der Waals surface area contributed by atoms with E-state index in [9.17, 15) is 4.79 Å². The quantitative estimate of drug-likeness (QED) is 0.639. The first-order chi connectivity index (χ1) is 5.83. The molecule has 1 rings (SSSR count). The van der Waals surface area contributed by atoms with Crippen LogP contribution in [0.4, 0.5) is 0 Å². The second-order valence-corrected chi connectivity index (χ2v) is 2.74. The number of rotatable bonds is 4. The highest BCUT2D eigenvalue weighted by Gasteiger charge is 2.06. The van der Waals surface area contributed by atoms with Crippen LogP contribution in [0.3, 0.4) is 0 Å². The Morgan fingerprint density at radius 2 is 2.33 bits per heavy atom. The molecule has 0 fully saturated rings. The van der Waals surface area contributed by atoms with Crippen LogP contribution in [0.5, 0.6) is 0 Å². The summed E-state index contributed by atoms with van der Waals surface area (Å²) < 4.78 is 5.12. The van der Waals surface area contributed by atoms with Crippen molar-refractivity contribution in [3.63, 3.8) is 0 Å². The first kappa shape index (κ1) is 9.04. The Morgan fingerprint density at radius 1 is 1.50 bits per heavy atom. The van der Waals surface area contributed by atoms with Crippen molar-refractivity contribution in [1.29, 1.82) is 0 Å². The monoisotopic (exact) mass is 165 g/mol. The molecule has 2 heteroatoms. The van der Waals surface area contributed by atoms with Gasteiger partial charge in [-0.05, 0) is 18.6 Å². The average molecular weight is 165 g/mol. The van der Waals surface area contributed by atoms with Crippen molar-refractivity contribution in [2.45, 2.75) is 26.2 Å². The Bertz CT molecular complexity index is 214. The number of carbonyl (C=O) groups excluding carboxylic acids is 1. The Balaban J connectivity index is 2.34. The van der Waals surface area contributed by atoms with E-state index in [1.807, 2.05) is 19.1 Å². The molecule has 2 nitrogen and oxygen atoms in total. The topological polar surface area (TPSA) is 26.3 Å². The van der Waals surface area contributed by atoms with Crippen molar-refractivity contribution in [3.8, 4) is 0 Å². The lowest BCUT2D eigenvalue weighted by atomic mass is 10.1. The van der Waals surface area contributed by atoms with E-state index in [0.29, 0.717) is 12.8 Å². The van der Waals surface area contributed by atoms with Gasteiger partial charge in [0, 0.05) is 6.42 Å². The summed E-state index contributed by atoms with van der Waals surface area (Å²) in [6.45, 7) is 3.59. The van der Waals surface area contributed by atoms with Gasteiger partial charge in [0.15, 0.2) is 6.61 Å². The molecule has 12 heavy (non-hydrogen) atoms. The lowest BCUT2D eigenvalue weighted by molar-refractivity contribution is -0.118. The van der Waals surface area contributed by atoms with Gasteiger partial charge in [0.1, 0.15) is 11.5 Å². The van der Waals surface area contributed by atoms with Gasteiger partial charge < -0.3 is 4.74 Å². The lowest BCUT2D eigenvalue weighted by Gasteiger charge is -2.09. The average Bonchev–Trinajstić information content (AvgIpc) is 2.06. The molecule has 0 amide bonds. The van der Waals surface area contributed by atoms with E-state index in [0.717, 1.165) is 12.2 Å². The number of allylic oxidation sites excluding steroid dienone is 3. The smallest absolute Gasteiger partial charge is 0.157 e. The third kappa shape index (κ3) is 2.91. The third-order valence-electron chi connectivity index (χ3n) is 1.59. The zero-order chi connectivity index (χ0) is 8.81. The van der Waals surface area contributed by atoms with Gasteiger partial charge in [-0.2, -0.15) is 0 Å². The number of ketones is 1. The number of carbonyl (C=O) groups is 1. The standard InChI is InChI=1S/C10H13O2/c1-2-5-9(11)8-10-6-3-4-7-12-10/h3-4,6-7H,2,5,8H2,1H3. The predicted octanol–water partition coefficient (Wildman–Crippen LogP) is 2.38. The van der Waals surface area contributed by atoms with Crippen molar-refractivity contribution in [1.82, 2.24) is 0 Å². The maximum absolute atomic E-state index is 11.2. The summed E-state index contributed by atoms with van der Waals surface area (Å²) in [6, 6.07) is 0. The molecule has 0 atom stereocenters. The summed E-state index contributed by atoms with van der Waals surface area (Å²) >= 11 is 0. The molecule has 1 radical (unpaired) electrons. The van der Waals surface area contributed by atoms with E-state index in [4.69, 9.17) is 4.74 Å². The van der Waals surface area contributed by atoms with Crippen LogP contribution in [0.15, 0.2) is 24.0 Å². The van der Waals surface area contributed by atoms with E-state index < -0.39 is 0 Å². The van der Waals surface area contributed by atoms with Gasteiger partial charge in [0.2, 0.25) is 0 Å². The van der Waals surface area contributed by atoms with Crippen LogP contribution in [0, 0.1) is 6.61 Å². The van der Waals surface area contributed by atoms with Gasteiger partial charge in [-0.1, -0.05) is 13.0 Å². The summed E-state index contributed by atoms with van der Waals surface area (Å²) in [6.07, 6.45) is 7.48. The molecule has 0 aromatic heterocycles. The first-order valence-electron chi connectivity index (χ1n) is 4.20. The summed E-state index contributed by atoms with van der Waals surface area (Å²) in [5.74, 6) is 0.989. The summed E-state index contributed by atoms with van der Waals surface area (Å²) in [7, 11) is 0. The molecule has 0 aromatic carbocycles. The molecule has 65 valence electrons. The van der Waals surface area contributed by atoms with Crippen LogP contribution >= 0.6 is 0 Å². The fraction of sp³-hybridized carbons (Fsp3) is 0.400. The van der Waals surface area contributed by atoms with E-state index in [1.54, 1.807) is 12.7 Å². The van der Waals surface area contributed by atoms with Crippen LogP contribution < -0.4 is 0 Å². The van der Waals surface area contributed by atoms with Gasteiger partial charge >= 0.3 is 0 Å². The third-order valence-corrected chi connectivity index (χ3v) is 1.59. The molecule has 0 aromatic rings. The van der Waals surface area contributed by atoms with Crippen molar-refractivity contribution in [3.05, 3.63) is 30.6 Å². The van der Waals surface area contributed by atoms with Crippen LogP contribution in [-0.4, -0.2) is 5.78 Å². The van der Waals surface area contributed by atoms with Crippen LogP contribution in [-0.2, 0) is 9.53 Å². The molecule has 0 N–H and O–H groups in total. The van der Waals surface area contributed by atoms with Crippen molar-refractivity contribution in [2.24, 2.45) is 0 Å². The molecule has 0 spiro atoms. The highest BCUT2D eigenvalue weighted by molar-refractivity contribution is 5.80. The largest absolute Gasteiger partial charge is 0.486 e. The fourth-order valence-electron chi connectivity index (χ4n) is 1.04. The van der Waals surface area contributed by atoms with Gasteiger partial charge in [0.05, 0.1) is 6.42 Å². The second-order valence-electron chi connectivity index (χ2n) is 2.74. The van der Waals surface area contributed by atoms with E-state index in [-0.39, 0.29) is 5.78 Å². The Labute approximate surface area is 72.9 Å². The SMILES string of the molecule is CCCC(=O)CC1=CC=C[CH]O1. The molecule has 1 heterocycles. The molecule has 1 aliphatic rings. The zero-order valence-electron chi connectivity index (χ0n) is 7.25. The summed E-state index contributed by atoms with van der Waals surface area (Å²) in [4.78, 5) is 11.2. The molecule has 0 saturated carbocycles. The number of hydrogen-bond donors (Lipinski definition) is 0. The predicted molar refractivity (Wildman–Crippen MR) is 47.1 cm³/mol. The highest BCUT2D eigenvalue weighted by Crippen LogP contribution is 2.12. The molecular formula is C10H13O2. The fourth-order valence-corrected chi connectivity index (χ4v) is 1.04. The summed E-state index contributed by atoms with van der Waals surface area (Å²) in [5, 5.41) is 0. The van der Waals surface area contributed by atoms with Crippen molar-refractivity contribution >= 4 is 5.78 Å². The van der Waals surface area contributed by atoms with E-state index in [2.05, 4.69) is 0 Å². The van der Waals surface area contributed by atoms with Gasteiger partial charge in [-0.25, -0.2) is 0 Å². The molecular weight excluding hydrogens is 152 g/mol. The minimum Gasteiger partial charge on any atom is -0.486 e. The van der Waals surface area contributed by atoms with Gasteiger partial charge in [0.25, 0.3) is 0 Å². The summed E-state index contributed by atoms with van der Waals surface area (Å²) in [5.41, 5.74) is 0. The van der Waals surface area contributed by atoms with E-state index >= 15 is 0 Å². The van der Waals surface area contributed by atoms with Gasteiger partial charge in [-0.15, -0.1) is 0 Å². The molecule has 0 aliphatic carbocycles. The molecule has 0 bridgehead atoms. The molecule has 0 unspecified atom stereocenters. The minimum atomic E-state index is 0.243. The first-order valence-corrected chi connectivity index (χ1v) is 4.20. The highest BCUT2D eigenvalue weighted by atomic mass is 16.5. The maximum Gasteiger partial charge on any atom is 0.157 e. The lowest BCUT2D eigenvalue weighted by Crippen LogP contribution is -2.02. The Morgan fingerprint density at radius 3 is 2.92 bits per heavy atom. The van der Waals surface area contributed by atoms with Gasteiger partial charge in [-0.3, -0.25) is 4.79 Å².